The molecule has 0 bridgehead atoms. The largest absolute Gasteiger partial charge is 0.496 e. The minimum absolute atomic E-state index is 0.282. The summed E-state index contributed by atoms with van der Waals surface area (Å²) in [4.78, 5) is 16.4. The number of nitrogens with one attached hydrogen (secondary N) is 2. The number of anilines is 3. The van der Waals surface area contributed by atoms with Crippen molar-refractivity contribution in [2.45, 2.75) is 89.3 Å². The molecule has 4 rings (SSSR count). The number of nitrogens with zero attached hydrogens (tertiary/aromatic N) is 4. The molecule has 1 aromatic heterocycles. The van der Waals surface area contributed by atoms with E-state index in [0.29, 0.717) is 30.0 Å². The average Bonchev–Trinajstić information content (AvgIpc) is 3.25. The Bertz CT molecular complexity index is 945. The number of rotatable bonds is 10. The number of nitrogen functional groups attached to an aromatic ring is 1. The van der Waals surface area contributed by atoms with E-state index in [4.69, 9.17) is 15.5 Å². The van der Waals surface area contributed by atoms with Gasteiger partial charge in [-0.05, 0) is 85.4 Å². The molecule has 2 aromatic rings. The smallest absolute Gasteiger partial charge is 0.232 e. The summed E-state index contributed by atoms with van der Waals surface area (Å²) in [5.41, 5.74) is 7.50. The molecule has 8 nitrogen and oxygen atoms in total. The third-order valence-corrected chi connectivity index (χ3v) is 8.17. The fourth-order valence-electron chi connectivity index (χ4n) is 5.47. The zero-order chi connectivity index (χ0) is 24.6. The third kappa shape index (κ3) is 7.09. The van der Waals surface area contributed by atoms with Crippen LogP contribution in [0.15, 0.2) is 18.2 Å². The lowest BCUT2D eigenvalue weighted by atomic mass is 10.0. The molecule has 35 heavy (non-hydrogen) atoms. The van der Waals surface area contributed by atoms with Gasteiger partial charge in [-0.2, -0.15) is 15.0 Å². The Labute approximate surface area is 223 Å². The highest BCUT2D eigenvalue weighted by atomic mass is 127. The number of hydrogen-bond acceptors (Lipinski definition) is 8. The van der Waals surface area contributed by atoms with E-state index >= 15 is 0 Å². The predicted octanol–water partition coefficient (Wildman–Crippen LogP) is 4.78. The van der Waals surface area contributed by atoms with Crippen molar-refractivity contribution >= 4 is 40.4 Å². The minimum Gasteiger partial charge on any atom is -0.496 e. The number of halogens is 1. The molecule has 2 fully saturated rings. The van der Waals surface area contributed by atoms with E-state index in [1.165, 1.54) is 44.1 Å². The normalized spacial score (nSPS) is 19.8. The first-order valence-corrected chi connectivity index (χ1v) is 14.3. The van der Waals surface area contributed by atoms with Crippen molar-refractivity contribution in [2.24, 2.45) is 0 Å². The number of benzene rings is 1. The number of nitrogens with two attached hydrogens (primary N) is 1. The lowest BCUT2D eigenvalue weighted by Gasteiger charge is -2.35. The molecule has 1 aliphatic carbocycles. The Hall–Kier alpha value is -1.88. The molecule has 1 saturated carbocycles. The van der Waals surface area contributed by atoms with Gasteiger partial charge in [0.05, 0.1) is 10.7 Å². The van der Waals surface area contributed by atoms with Crippen molar-refractivity contribution in [3.8, 4) is 5.75 Å². The van der Waals surface area contributed by atoms with Crippen LogP contribution in [0.2, 0.25) is 0 Å². The van der Waals surface area contributed by atoms with E-state index in [1.807, 2.05) is 6.07 Å². The molecule has 2 unspecified atom stereocenters. The summed E-state index contributed by atoms with van der Waals surface area (Å²) in [5, 5.41) is 7.28. The van der Waals surface area contributed by atoms with Gasteiger partial charge >= 0.3 is 0 Å². The molecule has 2 aliphatic rings. The Morgan fingerprint density at radius 3 is 2.60 bits per heavy atom. The van der Waals surface area contributed by atoms with Gasteiger partial charge in [-0.15, -0.1) is 0 Å². The topological polar surface area (TPSA) is 101 Å². The number of aromatic nitrogens is 3. The SMILES string of the molecule is CCC(C1CCCN1)N(CCc1ccc(OC)c(I)c1)c1nc(N)nc(NC2CCCCCC2)n1. The van der Waals surface area contributed by atoms with Crippen LogP contribution in [-0.4, -0.2) is 53.3 Å². The molecule has 192 valence electrons. The van der Waals surface area contributed by atoms with Crippen LogP contribution >= 0.6 is 22.6 Å². The maximum atomic E-state index is 6.23. The van der Waals surface area contributed by atoms with Gasteiger partial charge in [-0.25, -0.2) is 0 Å². The van der Waals surface area contributed by atoms with Crippen LogP contribution in [0.3, 0.4) is 0 Å². The minimum atomic E-state index is 0.282. The van der Waals surface area contributed by atoms with Crippen molar-refractivity contribution in [2.75, 3.05) is 36.1 Å². The highest BCUT2D eigenvalue weighted by Gasteiger charge is 2.30. The van der Waals surface area contributed by atoms with Gasteiger partial charge in [0.2, 0.25) is 17.8 Å². The summed E-state index contributed by atoms with van der Waals surface area (Å²) in [6.07, 6.45) is 11.7. The van der Waals surface area contributed by atoms with Crippen molar-refractivity contribution in [1.29, 1.82) is 0 Å². The number of methoxy groups -OCH3 is 1. The summed E-state index contributed by atoms with van der Waals surface area (Å²) >= 11 is 2.34. The number of ether oxygens (including phenoxy) is 1. The molecule has 0 amide bonds. The van der Waals surface area contributed by atoms with Gasteiger partial charge in [0.1, 0.15) is 5.75 Å². The van der Waals surface area contributed by atoms with Crippen molar-refractivity contribution in [3.63, 3.8) is 0 Å². The molecular weight excluding hydrogens is 553 g/mol. The van der Waals surface area contributed by atoms with Gasteiger partial charge in [0.25, 0.3) is 0 Å². The maximum Gasteiger partial charge on any atom is 0.232 e. The standard InChI is InChI=1S/C26H40IN7O/c1-3-22(21-11-8-15-29-21)34(16-14-18-12-13-23(35-2)20(27)17-18)26-32-24(28)31-25(33-26)30-19-9-6-4-5-7-10-19/h12-13,17,19,21-22,29H,3-11,14-16H2,1-2H3,(H3,28,30,31,32,33). The molecule has 2 atom stereocenters. The predicted molar refractivity (Wildman–Crippen MR) is 151 cm³/mol. The van der Waals surface area contributed by atoms with E-state index in [1.54, 1.807) is 7.11 Å². The molecule has 1 saturated heterocycles. The second kappa shape index (κ2) is 12.9. The lowest BCUT2D eigenvalue weighted by molar-refractivity contribution is 0.411. The lowest BCUT2D eigenvalue weighted by Crippen LogP contribution is -2.49. The second-order valence-electron chi connectivity index (χ2n) is 9.74. The van der Waals surface area contributed by atoms with Crippen molar-refractivity contribution in [1.82, 2.24) is 20.3 Å². The third-order valence-electron chi connectivity index (χ3n) is 7.33. The summed E-state index contributed by atoms with van der Waals surface area (Å²) in [7, 11) is 1.71. The summed E-state index contributed by atoms with van der Waals surface area (Å²) < 4.78 is 6.56. The molecule has 1 aliphatic heterocycles. The molecular formula is C26H40IN7O. The monoisotopic (exact) mass is 593 g/mol. The van der Waals surface area contributed by atoms with Gasteiger partial charge in [-0.3, -0.25) is 0 Å². The van der Waals surface area contributed by atoms with Gasteiger partial charge in [-0.1, -0.05) is 38.7 Å². The van der Waals surface area contributed by atoms with Gasteiger partial charge < -0.3 is 26.0 Å². The van der Waals surface area contributed by atoms with Crippen LogP contribution in [0, 0.1) is 3.57 Å². The Morgan fingerprint density at radius 1 is 1.14 bits per heavy atom. The molecule has 4 N–H and O–H groups in total. The zero-order valence-electron chi connectivity index (χ0n) is 21.1. The van der Waals surface area contributed by atoms with E-state index in [2.05, 4.69) is 67.1 Å². The van der Waals surface area contributed by atoms with Gasteiger partial charge in [0, 0.05) is 24.7 Å². The quantitative estimate of drug-likeness (QED) is 0.267. The van der Waals surface area contributed by atoms with E-state index in [0.717, 1.165) is 48.1 Å². The van der Waals surface area contributed by atoms with Crippen LogP contribution in [0.4, 0.5) is 17.8 Å². The summed E-state index contributed by atoms with van der Waals surface area (Å²) in [6, 6.07) is 7.52. The average molecular weight is 594 g/mol. The van der Waals surface area contributed by atoms with Crippen LogP contribution in [-0.2, 0) is 6.42 Å². The highest BCUT2D eigenvalue weighted by molar-refractivity contribution is 14.1. The Morgan fingerprint density at radius 2 is 1.94 bits per heavy atom. The van der Waals surface area contributed by atoms with Gasteiger partial charge in [0.15, 0.2) is 0 Å². The van der Waals surface area contributed by atoms with Crippen LogP contribution in [0.25, 0.3) is 0 Å². The molecule has 9 heteroatoms. The first-order chi connectivity index (χ1) is 17.1. The maximum absolute atomic E-state index is 6.23. The highest BCUT2D eigenvalue weighted by Crippen LogP contribution is 2.26. The first-order valence-electron chi connectivity index (χ1n) is 13.2. The summed E-state index contributed by atoms with van der Waals surface area (Å²) in [6.45, 7) is 4.13. The van der Waals surface area contributed by atoms with Crippen molar-refractivity contribution in [3.05, 3.63) is 27.3 Å². The number of hydrogen-bond donors (Lipinski definition) is 3. The molecule has 2 heterocycles. The van der Waals surface area contributed by atoms with E-state index < -0.39 is 0 Å². The van der Waals surface area contributed by atoms with Crippen LogP contribution < -0.4 is 26.0 Å². The zero-order valence-corrected chi connectivity index (χ0v) is 23.3. The fourth-order valence-corrected chi connectivity index (χ4v) is 6.27. The summed E-state index contributed by atoms with van der Waals surface area (Å²) in [5.74, 6) is 2.48. The van der Waals surface area contributed by atoms with Crippen LogP contribution in [0.1, 0.15) is 70.3 Å². The van der Waals surface area contributed by atoms with Crippen LogP contribution in [0.5, 0.6) is 5.75 Å². The Kier molecular flexibility index (Phi) is 9.65. The van der Waals surface area contributed by atoms with Crippen molar-refractivity contribution < 1.29 is 4.74 Å². The van der Waals surface area contributed by atoms with E-state index in [9.17, 15) is 0 Å². The Balaban J connectivity index is 1.58. The molecule has 1 aromatic carbocycles. The second-order valence-corrected chi connectivity index (χ2v) is 10.9. The molecule has 0 radical (unpaired) electrons. The molecule has 0 spiro atoms. The fraction of sp³-hybridized carbons (Fsp3) is 0.654. The first kappa shape index (κ1) is 26.2. The van der Waals surface area contributed by atoms with E-state index in [-0.39, 0.29) is 5.95 Å².